The van der Waals surface area contributed by atoms with Crippen LogP contribution >= 0.6 is 22.9 Å². The highest BCUT2D eigenvalue weighted by atomic mass is 35.5. The molecule has 0 unspecified atom stereocenters. The van der Waals surface area contributed by atoms with Gasteiger partial charge in [0.05, 0.1) is 19.7 Å². The molecular weight excluding hydrogens is 398 g/mol. The van der Waals surface area contributed by atoms with E-state index in [1.165, 1.54) is 28.6 Å². The number of hydrogen-bond acceptors (Lipinski definition) is 6. The Morgan fingerprint density at radius 1 is 1.08 bits per heavy atom. The summed E-state index contributed by atoms with van der Waals surface area (Å²) in [6.45, 7) is 3.82. The number of thiophene rings is 1. The highest BCUT2D eigenvalue weighted by Gasteiger charge is 2.22. The van der Waals surface area contributed by atoms with Crippen LogP contribution in [0.25, 0.3) is 0 Å². The zero-order chi connectivity index (χ0) is 19.3. The minimum Gasteiger partial charge on any atom is -0.454 e. The maximum absolute atomic E-state index is 12.4. The standard InChI is InChI=1S/C17H18ClNO5S2/c1-3-19(4-2)26(22,23)13-7-5-12(6-8-13)17(21)24-11-14(20)15-9-10-16(18)25-15/h5-10H,3-4,11H2,1-2H3. The second-order valence-corrected chi connectivity index (χ2v) is 8.87. The molecule has 0 aliphatic carbocycles. The van der Waals surface area contributed by atoms with E-state index >= 15 is 0 Å². The van der Waals surface area contributed by atoms with Gasteiger partial charge in [-0.3, -0.25) is 4.79 Å². The second-order valence-electron chi connectivity index (χ2n) is 5.22. The van der Waals surface area contributed by atoms with Crippen molar-refractivity contribution in [1.82, 2.24) is 4.31 Å². The molecule has 140 valence electrons. The fourth-order valence-electron chi connectivity index (χ4n) is 2.23. The minimum atomic E-state index is -3.59. The van der Waals surface area contributed by atoms with E-state index in [1.807, 2.05) is 0 Å². The van der Waals surface area contributed by atoms with Crippen molar-refractivity contribution in [3.63, 3.8) is 0 Å². The molecule has 6 nitrogen and oxygen atoms in total. The van der Waals surface area contributed by atoms with E-state index in [1.54, 1.807) is 26.0 Å². The molecule has 0 bridgehead atoms. The van der Waals surface area contributed by atoms with Gasteiger partial charge >= 0.3 is 5.97 Å². The number of hydrogen-bond donors (Lipinski definition) is 0. The Balaban J connectivity index is 2.03. The number of halogens is 1. The molecule has 1 heterocycles. The van der Waals surface area contributed by atoms with E-state index in [2.05, 4.69) is 0 Å². The summed E-state index contributed by atoms with van der Waals surface area (Å²) in [5.74, 6) is -1.05. The smallest absolute Gasteiger partial charge is 0.338 e. The number of nitrogens with zero attached hydrogens (tertiary/aromatic N) is 1. The fraction of sp³-hybridized carbons (Fsp3) is 0.294. The van der Waals surface area contributed by atoms with Crippen molar-refractivity contribution in [3.8, 4) is 0 Å². The fourth-order valence-corrected chi connectivity index (χ4v) is 4.65. The summed E-state index contributed by atoms with van der Waals surface area (Å²) in [5.41, 5.74) is 0.167. The molecule has 0 saturated carbocycles. The van der Waals surface area contributed by atoms with Crippen LogP contribution in [-0.2, 0) is 14.8 Å². The lowest BCUT2D eigenvalue weighted by Gasteiger charge is -2.18. The number of carbonyl (C=O) groups excluding carboxylic acids is 2. The van der Waals surface area contributed by atoms with Crippen molar-refractivity contribution >= 4 is 44.7 Å². The summed E-state index contributed by atoms with van der Waals surface area (Å²) < 4.78 is 31.6. The summed E-state index contributed by atoms with van der Waals surface area (Å²) in [6.07, 6.45) is 0. The van der Waals surface area contributed by atoms with Gasteiger partial charge in [0.1, 0.15) is 0 Å². The van der Waals surface area contributed by atoms with Gasteiger partial charge in [0, 0.05) is 13.1 Å². The van der Waals surface area contributed by atoms with E-state index in [4.69, 9.17) is 16.3 Å². The average molecular weight is 416 g/mol. The van der Waals surface area contributed by atoms with Crippen LogP contribution < -0.4 is 0 Å². The molecule has 2 rings (SSSR count). The van der Waals surface area contributed by atoms with E-state index < -0.39 is 22.6 Å². The predicted molar refractivity (Wildman–Crippen MR) is 100 cm³/mol. The Labute approximate surface area is 161 Å². The van der Waals surface area contributed by atoms with Gasteiger partial charge < -0.3 is 4.74 Å². The van der Waals surface area contributed by atoms with E-state index in [-0.39, 0.29) is 16.2 Å². The SMILES string of the molecule is CCN(CC)S(=O)(=O)c1ccc(C(=O)OCC(=O)c2ccc(Cl)s2)cc1. The Kier molecular flexibility index (Phi) is 6.94. The number of esters is 1. The number of benzene rings is 1. The van der Waals surface area contributed by atoms with Gasteiger partial charge in [-0.2, -0.15) is 4.31 Å². The van der Waals surface area contributed by atoms with Crippen molar-refractivity contribution in [2.45, 2.75) is 18.7 Å². The summed E-state index contributed by atoms with van der Waals surface area (Å²) in [6, 6.07) is 8.60. The second kappa shape index (κ2) is 8.77. The molecule has 1 aromatic heterocycles. The molecular formula is C17H18ClNO5S2. The van der Waals surface area contributed by atoms with E-state index in [0.29, 0.717) is 22.3 Å². The molecule has 0 atom stereocenters. The Hall–Kier alpha value is -1.74. The normalized spacial score (nSPS) is 11.5. The predicted octanol–water partition coefficient (Wildman–Crippen LogP) is 3.47. The van der Waals surface area contributed by atoms with Gasteiger partial charge in [-0.25, -0.2) is 13.2 Å². The van der Waals surface area contributed by atoms with Gasteiger partial charge in [0.2, 0.25) is 15.8 Å². The Bertz CT molecular complexity index is 886. The maximum Gasteiger partial charge on any atom is 0.338 e. The van der Waals surface area contributed by atoms with E-state index in [0.717, 1.165) is 11.3 Å². The first-order valence-electron chi connectivity index (χ1n) is 7.85. The Morgan fingerprint density at radius 3 is 2.19 bits per heavy atom. The summed E-state index contributed by atoms with van der Waals surface area (Å²) in [4.78, 5) is 24.5. The molecule has 9 heteroatoms. The lowest BCUT2D eigenvalue weighted by molar-refractivity contribution is 0.0475. The molecule has 0 N–H and O–H groups in total. The molecule has 2 aromatic rings. The van der Waals surface area contributed by atoms with Crippen LogP contribution in [0, 0.1) is 0 Å². The number of ketones is 1. The summed E-state index contributed by atoms with van der Waals surface area (Å²) in [7, 11) is -3.59. The van der Waals surface area contributed by atoms with Crippen molar-refractivity contribution < 1.29 is 22.7 Å². The van der Waals surface area contributed by atoms with Crippen molar-refractivity contribution in [2.75, 3.05) is 19.7 Å². The molecule has 0 aliphatic heterocycles. The molecule has 0 fully saturated rings. The van der Waals surface area contributed by atoms with Crippen LogP contribution in [0.15, 0.2) is 41.3 Å². The molecule has 0 spiro atoms. The Morgan fingerprint density at radius 2 is 1.69 bits per heavy atom. The summed E-state index contributed by atoms with van der Waals surface area (Å²) in [5, 5.41) is 0. The number of Topliss-reactive ketones (excluding diaryl/α,β-unsaturated/α-hetero) is 1. The molecule has 26 heavy (non-hydrogen) atoms. The van der Waals surface area contributed by atoms with Crippen LogP contribution in [0.3, 0.4) is 0 Å². The topological polar surface area (TPSA) is 80.8 Å². The van der Waals surface area contributed by atoms with Crippen molar-refractivity contribution in [3.05, 3.63) is 51.2 Å². The monoisotopic (exact) mass is 415 g/mol. The van der Waals surface area contributed by atoms with Gasteiger partial charge in [0.25, 0.3) is 0 Å². The van der Waals surface area contributed by atoms with Crippen LogP contribution in [0.2, 0.25) is 4.34 Å². The molecule has 1 aromatic carbocycles. The first-order chi connectivity index (χ1) is 12.3. The third-order valence-corrected chi connectivity index (χ3v) is 6.95. The van der Waals surface area contributed by atoms with Gasteiger partial charge in [-0.1, -0.05) is 25.4 Å². The lowest BCUT2D eigenvalue weighted by Crippen LogP contribution is -2.30. The maximum atomic E-state index is 12.4. The number of ether oxygens (including phenoxy) is 1. The number of sulfonamides is 1. The quantitative estimate of drug-likeness (QED) is 0.487. The number of carbonyl (C=O) groups is 2. The van der Waals surface area contributed by atoms with Gasteiger partial charge in [-0.05, 0) is 36.4 Å². The minimum absolute atomic E-state index is 0.0991. The van der Waals surface area contributed by atoms with Crippen molar-refractivity contribution in [1.29, 1.82) is 0 Å². The highest BCUT2D eigenvalue weighted by Crippen LogP contribution is 2.22. The molecule has 0 aliphatic rings. The zero-order valence-corrected chi connectivity index (χ0v) is 16.7. The van der Waals surface area contributed by atoms with Crippen LogP contribution in [0.1, 0.15) is 33.9 Å². The zero-order valence-electron chi connectivity index (χ0n) is 14.3. The number of rotatable bonds is 8. The third kappa shape index (κ3) is 4.70. The molecule has 0 radical (unpaired) electrons. The van der Waals surface area contributed by atoms with Gasteiger partial charge in [0.15, 0.2) is 6.61 Å². The van der Waals surface area contributed by atoms with Crippen LogP contribution in [0.5, 0.6) is 0 Å². The summed E-state index contributed by atoms with van der Waals surface area (Å²) >= 11 is 6.87. The van der Waals surface area contributed by atoms with E-state index in [9.17, 15) is 18.0 Å². The largest absolute Gasteiger partial charge is 0.454 e. The average Bonchev–Trinajstić information content (AvgIpc) is 3.07. The van der Waals surface area contributed by atoms with Crippen molar-refractivity contribution in [2.24, 2.45) is 0 Å². The third-order valence-electron chi connectivity index (χ3n) is 3.62. The lowest BCUT2D eigenvalue weighted by atomic mass is 10.2. The van der Waals surface area contributed by atoms with Gasteiger partial charge in [-0.15, -0.1) is 11.3 Å². The molecule has 0 saturated heterocycles. The molecule has 0 amide bonds. The first kappa shape index (κ1) is 20.6. The van der Waals surface area contributed by atoms with Crippen LogP contribution in [-0.4, -0.2) is 44.2 Å². The highest BCUT2D eigenvalue weighted by molar-refractivity contribution is 7.89. The van der Waals surface area contributed by atoms with Crippen LogP contribution in [0.4, 0.5) is 0 Å². The first-order valence-corrected chi connectivity index (χ1v) is 10.5.